The van der Waals surface area contributed by atoms with Crippen molar-refractivity contribution in [2.45, 2.75) is 27.7 Å². The molecule has 18 heavy (non-hydrogen) atoms. The average Bonchev–Trinajstić information content (AvgIpc) is 2.84. The van der Waals surface area contributed by atoms with Crippen LogP contribution in [0.25, 0.3) is 0 Å². The predicted octanol–water partition coefficient (Wildman–Crippen LogP) is 5.12. The summed E-state index contributed by atoms with van der Waals surface area (Å²) in [6.45, 7) is 8.51. The Morgan fingerprint density at radius 1 is 0.944 bits per heavy atom. The van der Waals surface area contributed by atoms with Crippen LogP contribution >= 0.6 is 47.0 Å². The molecule has 0 N–H and O–H groups in total. The Kier molecular flexibility index (Phi) is 4.86. The Morgan fingerprint density at radius 2 is 1.44 bits per heavy atom. The molecule has 0 unspecified atom stereocenters. The highest BCUT2D eigenvalue weighted by Crippen LogP contribution is 2.59. The minimum Gasteiger partial charge on any atom is -0.462 e. The largest absolute Gasteiger partial charge is 0.462 e. The van der Waals surface area contributed by atoms with Crippen molar-refractivity contribution >= 4 is 53.0 Å². The summed E-state index contributed by atoms with van der Waals surface area (Å²) >= 11 is 6.83. The molecular weight excluding hydrogens is 304 g/mol. The fourth-order valence-corrected chi connectivity index (χ4v) is 6.67. The summed E-state index contributed by atoms with van der Waals surface area (Å²) in [6.07, 6.45) is 0. The molecule has 0 aromatic heterocycles. The third kappa shape index (κ3) is 2.98. The number of allylic oxidation sites excluding steroid dienone is 3. The molecule has 0 saturated heterocycles. The summed E-state index contributed by atoms with van der Waals surface area (Å²) in [5.74, 6) is -0.197. The lowest BCUT2D eigenvalue weighted by atomic mass is 10.5. The van der Waals surface area contributed by atoms with E-state index in [1.807, 2.05) is 13.8 Å². The first-order chi connectivity index (χ1) is 8.52. The first-order valence-electron chi connectivity index (χ1n) is 5.54. The molecule has 0 fully saturated rings. The van der Waals surface area contributed by atoms with Gasteiger partial charge in [-0.05, 0) is 37.5 Å². The molecule has 0 saturated carbocycles. The zero-order chi connectivity index (χ0) is 13.3. The lowest BCUT2D eigenvalue weighted by Gasteiger charge is -2.02. The fraction of sp³-hybridized carbons (Fsp3) is 0.417. The molecule has 2 aliphatic heterocycles. The van der Waals surface area contributed by atoms with E-state index in [0.717, 1.165) is 9.81 Å². The summed E-state index contributed by atoms with van der Waals surface area (Å²) < 4.78 is 7.57. The second-order valence-electron chi connectivity index (χ2n) is 3.70. The molecule has 0 atom stereocenters. The van der Waals surface area contributed by atoms with Gasteiger partial charge >= 0.3 is 5.97 Å². The molecule has 0 aliphatic carbocycles. The maximum Gasteiger partial charge on any atom is 0.345 e. The molecular formula is C12H14O2S4. The van der Waals surface area contributed by atoms with Crippen LogP contribution in [0, 0.1) is 0 Å². The number of carbonyl (C=O) groups excluding carboxylic acids is 1. The van der Waals surface area contributed by atoms with Crippen molar-refractivity contribution in [1.82, 2.24) is 0 Å². The lowest BCUT2D eigenvalue weighted by Crippen LogP contribution is -2.04. The second kappa shape index (κ2) is 6.03. The smallest absolute Gasteiger partial charge is 0.345 e. The molecule has 0 radical (unpaired) electrons. The highest BCUT2D eigenvalue weighted by atomic mass is 32.2. The van der Waals surface area contributed by atoms with Gasteiger partial charge in [-0.3, -0.25) is 0 Å². The first kappa shape index (κ1) is 14.5. The molecule has 98 valence electrons. The lowest BCUT2D eigenvalue weighted by molar-refractivity contribution is -0.137. The van der Waals surface area contributed by atoms with Gasteiger partial charge in [-0.25, -0.2) is 4.79 Å². The zero-order valence-corrected chi connectivity index (χ0v) is 13.9. The maximum atomic E-state index is 11.8. The molecule has 0 aromatic rings. The Balaban J connectivity index is 2.12. The summed E-state index contributed by atoms with van der Waals surface area (Å²) in [6, 6.07) is 0. The molecule has 0 amide bonds. The molecule has 2 rings (SSSR count). The van der Waals surface area contributed by atoms with E-state index < -0.39 is 0 Å². The van der Waals surface area contributed by atoms with E-state index in [2.05, 4.69) is 13.8 Å². The average molecular weight is 319 g/mol. The standard InChI is InChI=1S/C12H14O2S4/c1-5-14-10(13)9-8(4)17-12(18-9)11-15-6(2)7(3)16-11/h5H2,1-4H3. The van der Waals surface area contributed by atoms with Crippen molar-refractivity contribution in [2.24, 2.45) is 0 Å². The number of esters is 1. The Bertz CT molecular complexity index is 472. The van der Waals surface area contributed by atoms with Gasteiger partial charge in [0.25, 0.3) is 0 Å². The van der Waals surface area contributed by atoms with E-state index in [-0.39, 0.29) is 5.97 Å². The third-order valence-electron chi connectivity index (χ3n) is 2.38. The number of hydrogen-bond donors (Lipinski definition) is 0. The summed E-state index contributed by atoms with van der Waals surface area (Å²) in [4.78, 5) is 16.3. The van der Waals surface area contributed by atoms with Gasteiger partial charge < -0.3 is 4.74 Å². The highest BCUT2D eigenvalue weighted by molar-refractivity contribution is 8.34. The van der Waals surface area contributed by atoms with Crippen molar-refractivity contribution in [3.05, 3.63) is 28.1 Å². The van der Waals surface area contributed by atoms with E-state index in [4.69, 9.17) is 4.74 Å². The normalized spacial score (nSPS) is 20.2. The summed E-state index contributed by atoms with van der Waals surface area (Å²) in [7, 11) is 0. The van der Waals surface area contributed by atoms with Crippen LogP contribution in [0.15, 0.2) is 28.1 Å². The number of carbonyl (C=O) groups is 1. The quantitative estimate of drug-likeness (QED) is 0.656. The monoisotopic (exact) mass is 318 g/mol. The number of hydrogen-bond acceptors (Lipinski definition) is 6. The van der Waals surface area contributed by atoms with Crippen molar-refractivity contribution < 1.29 is 9.53 Å². The van der Waals surface area contributed by atoms with Crippen LogP contribution in [-0.2, 0) is 9.53 Å². The van der Waals surface area contributed by atoms with Gasteiger partial charge in [0.15, 0.2) is 0 Å². The van der Waals surface area contributed by atoms with Gasteiger partial charge in [-0.2, -0.15) is 0 Å². The topological polar surface area (TPSA) is 26.3 Å². The summed E-state index contributed by atoms with van der Waals surface area (Å²) in [5.41, 5.74) is 0. The molecule has 2 heterocycles. The number of thioether (sulfide) groups is 4. The minimum absolute atomic E-state index is 0.197. The van der Waals surface area contributed by atoms with Crippen LogP contribution in [-0.4, -0.2) is 12.6 Å². The molecule has 0 aromatic carbocycles. The molecule has 2 nitrogen and oxygen atoms in total. The summed E-state index contributed by atoms with van der Waals surface area (Å²) in [5, 5.41) is 0. The van der Waals surface area contributed by atoms with Crippen LogP contribution in [0.2, 0.25) is 0 Å². The van der Waals surface area contributed by atoms with Crippen LogP contribution < -0.4 is 0 Å². The van der Waals surface area contributed by atoms with Gasteiger partial charge in [0.1, 0.15) is 4.91 Å². The van der Waals surface area contributed by atoms with Crippen LogP contribution in [0.3, 0.4) is 0 Å². The number of rotatable bonds is 2. The van der Waals surface area contributed by atoms with E-state index in [1.165, 1.54) is 18.3 Å². The third-order valence-corrected chi connectivity index (χ3v) is 8.12. The molecule has 6 heteroatoms. The SMILES string of the molecule is CCOC(=O)C1=C(C)SC(=C2SC(C)=C(C)S2)S1. The Labute approximate surface area is 124 Å². The maximum absolute atomic E-state index is 11.8. The zero-order valence-electron chi connectivity index (χ0n) is 10.7. The van der Waals surface area contributed by atoms with Gasteiger partial charge in [-0.15, -0.1) is 0 Å². The van der Waals surface area contributed by atoms with E-state index >= 15 is 0 Å². The van der Waals surface area contributed by atoms with Gasteiger partial charge in [0.2, 0.25) is 0 Å². The van der Waals surface area contributed by atoms with E-state index in [9.17, 15) is 4.79 Å². The van der Waals surface area contributed by atoms with Crippen molar-refractivity contribution in [3.8, 4) is 0 Å². The first-order valence-corrected chi connectivity index (χ1v) is 8.80. The van der Waals surface area contributed by atoms with Crippen LogP contribution in [0.4, 0.5) is 0 Å². The van der Waals surface area contributed by atoms with Gasteiger partial charge in [-0.1, -0.05) is 47.0 Å². The Morgan fingerprint density at radius 3 is 2.00 bits per heavy atom. The van der Waals surface area contributed by atoms with Crippen LogP contribution in [0.1, 0.15) is 27.7 Å². The van der Waals surface area contributed by atoms with E-state index in [0.29, 0.717) is 6.61 Å². The highest BCUT2D eigenvalue weighted by Gasteiger charge is 2.29. The Hall–Kier alpha value is 0.0900. The van der Waals surface area contributed by atoms with Gasteiger partial charge in [0, 0.05) is 4.91 Å². The van der Waals surface area contributed by atoms with Crippen molar-refractivity contribution in [2.75, 3.05) is 6.61 Å². The van der Waals surface area contributed by atoms with E-state index in [1.54, 1.807) is 47.0 Å². The van der Waals surface area contributed by atoms with Crippen molar-refractivity contribution in [1.29, 1.82) is 0 Å². The molecule has 2 aliphatic rings. The second-order valence-corrected chi connectivity index (χ2v) is 8.91. The van der Waals surface area contributed by atoms with Gasteiger partial charge in [0.05, 0.1) is 15.1 Å². The molecule has 0 bridgehead atoms. The number of ether oxygens (including phenoxy) is 1. The van der Waals surface area contributed by atoms with Crippen LogP contribution in [0.5, 0.6) is 0 Å². The predicted molar refractivity (Wildman–Crippen MR) is 85.1 cm³/mol. The molecule has 0 spiro atoms. The minimum atomic E-state index is -0.197. The fourth-order valence-electron chi connectivity index (χ4n) is 1.36. The van der Waals surface area contributed by atoms with Crippen molar-refractivity contribution in [3.63, 3.8) is 0 Å².